The van der Waals surface area contributed by atoms with Crippen molar-refractivity contribution < 1.29 is 4.92 Å². The van der Waals surface area contributed by atoms with Gasteiger partial charge in [0.15, 0.2) is 0 Å². The van der Waals surface area contributed by atoms with Crippen molar-refractivity contribution >= 4 is 17.5 Å². The number of hydrogen-bond donors (Lipinski definition) is 1. The first-order valence-electron chi connectivity index (χ1n) is 7.19. The van der Waals surface area contributed by atoms with Gasteiger partial charge < -0.3 is 10.2 Å². The fraction of sp³-hybridized carbons (Fsp3) is 0.692. The van der Waals surface area contributed by atoms with Gasteiger partial charge in [-0.25, -0.2) is 4.98 Å². The van der Waals surface area contributed by atoms with Gasteiger partial charge in [-0.2, -0.15) is 4.98 Å². The number of nitrogens with one attached hydrogen (secondary N) is 1. The molecule has 0 atom stereocenters. The first kappa shape index (κ1) is 14.5. The fourth-order valence-electron chi connectivity index (χ4n) is 2.13. The Hall–Kier alpha value is -1.92. The average molecular weight is 279 g/mol. The SMILES string of the molecule is CCCCN(c1nc(NCC)ncc1[N+](=O)[O-])C1CC1. The van der Waals surface area contributed by atoms with E-state index in [0.29, 0.717) is 24.4 Å². The summed E-state index contributed by atoms with van der Waals surface area (Å²) in [6, 6.07) is 0.393. The van der Waals surface area contributed by atoms with E-state index in [9.17, 15) is 10.1 Å². The summed E-state index contributed by atoms with van der Waals surface area (Å²) in [5.74, 6) is 0.909. The molecule has 1 saturated carbocycles. The number of anilines is 2. The molecule has 0 unspecified atom stereocenters. The molecule has 1 aliphatic carbocycles. The second-order valence-corrected chi connectivity index (χ2v) is 4.97. The zero-order valence-corrected chi connectivity index (χ0v) is 12.0. The van der Waals surface area contributed by atoms with E-state index in [1.807, 2.05) is 6.92 Å². The van der Waals surface area contributed by atoms with Crippen LogP contribution in [0.5, 0.6) is 0 Å². The minimum absolute atomic E-state index is 0.00495. The lowest BCUT2D eigenvalue weighted by atomic mass is 10.3. The van der Waals surface area contributed by atoms with Gasteiger partial charge >= 0.3 is 5.69 Å². The molecule has 0 spiro atoms. The Kier molecular flexibility index (Phi) is 4.70. The lowest BCUT2D eigenvalue weighted by Gasteiger charge is -2.23. The predicted molar refractivity (Wildman–Crippen MR) is 78.1 cm³/mol. The van der Waals surface area contributed by atoms with Crippen LogP contribution in [0.2, 0.25) is 0 Å². The van der Waals surface area contributed by atoms with Crippen molar-refractivity contribution in [2.75, 3.05) is 23.3 Å². The molecule has 110 valence electrons. The smallest absolute Gasteiger partial charge is 0.329 e. The Labute approximate surface area is 118 Å². The van der Waals surface area contributed by atoms with Crippen molar-refractivity contribution in [3.63, 3.8) is 0 Å². The second-order valence-electron chi connectivity index (χ2n) is 4.97. The normalized spacial score (nSPS) is 14.1. The lowest BCUT2D eigenvalue weighted by molar-refractivity contribution is -0.384. The second kappa shape index (κ2) is 6.49. The number of hydrogen-bond acceptors (Lipinski definition) is 6. The van der Waals surface area contributed by atoms with Crippen LogP contribution in [0.25, 0.3) is 0 Å². The third-order valence-corrected chi connectivity index (χ3v) is 3.29. The lowest BCUT2D eigenvalue weighted by Crippen LogP contribution is -2.29. The van der Waals surface area contributed by atoms with E-state index in [-0.39, 0.29) is 5.69 Å². The standard InChI is InChI=1S/C13H21N5O2/c1-3-5-8-17(10-6-7-10)12-11(18(19)20)9-15-13(16-12)14-4-2/h9-10H,3-8H2,1-2H3,(H,14,15,16). The first-order chi connectivity index (χ1) is 9.67. The van der Waals surface area contributed by atoms with Crippen LogP contribution in [-0.2, 0) is 0 Å². The van der Waals surface area contributed by atoms with Crippen LogP contribution in [0.15, 0.2) is 6.20 Å². The predicted octanol–water partition coefficient (Wildman–Crippen LogP) is 2.59. The Balaban J connectivity index is 2.32. The van der Waals surface area contributed by atoms with Gasteiger partial charge in [0.1, 0.15) is 6.20 Å². The molecular formula is C13H21N5O2. The molecule has 2 rings (SSSR count). The van der Waals surface area contributed by atoms with Gasteiger partial charge in [0.25, 0.3) is 0 Å². The molecule has 0 saturated heterocycles. The third kappa shape index (κ3) is 3.34. The van der Waals surface area contributed by atoms with Crippen LogP contribution in [-0.4, -0.2) is 34.0 Å². The Bertz CT molecular complexity index is 476. The summed E-state index contributed by atoms with van der Waals surface area (Å²) < 4.78 is 0. The number of nitro groups is 1. The Morgan fingerprint density at radius 1 is 1.50 bits per heavy atom. The minimum Gasteiger partial charge on any atom is -0.354 e. The molecule has 1 aromatic rings. The zero-order valence-electron chi connectivity index (χ0n) is 12.0. The summed E-state index contributed by atoms with van der Waals surface area (Å²) >= 11 is 0. The van der Waals surface area contributed by atoms with E-state index in [1.54, 1.807) is 0 Å². The summed E-state index contributed by atoms with van der Waals surface area (Å²) in [4.78, 5) is 21.2. The molecule has 0 bridgehead atoms. The highest BCUT2D eigenvalue weighted by molar-refractivity contribution is 5.60. The minimum atomic E-state index is -0.396. The molecule has 7 nitrogen and oxygen atoms in total. The van der Waals surface area contributed by atoms with Crippen LogP contribution in [0.3, 0.4) is 0 Å². The van der Waals surface area contributed by atoms with Crippen molar-refractivity contribution in [3.8, 4) is 0 Å². The van der Waals surface area contributed by atoms with E-state index in [2.05, 4.69) is 27.1 Å². The maximum atomic E-state index is 11.2. The summed E-state index contributed by atoms with van der Waals surface area (Å²) in [6.07, 6.45) is 5.54. The molecule has 1 heterocycles. The first-order valence-corrected chi connectivity index (χ1v) is 7.19. The van der Waals surface area contributed by atoms with Crippen molar-refractivity contribution in [3.05, 3.63) is 16.3 Å². The molecular weight excluding hydrogens is 258 g/mol. The molecule has 1 fully saturated rings. The van der Waals surface area contributed by atoms with E-state index < -0.39 is 4.92 Å². The fourth-order valence-corrected chi connectivity index (χ4v) is 2.13. The van der Waals surface area contributed by atoms with Crippen LogP contribution in [0.4, 0.5) is 17.5 Å². The molecule has 1 N–H and O–H groups in total. The maximum Gasteiger partial charge on any atom is 0.329 e. The number of nitrogens with zero attached hydrogens (tertiary/aromatic N) is 4. The Morgan fingerprint density at radius 2 is 2.25 bits per heavy atom. The van der Waals surface area contributed by atoms with Gasteiger partial charge in [0, 0.05) is 19.1 Å². The molecule has 1 aliphatic rings. The van der Waals surface area contributed by atoms with E-state index in [1.165, 1.54) is 6.20 Å². The van der Waals surface area contributed by atoms with E-state index in [0.717, 1.165) is 32.2 Å². The zero-order chi connectivity index (χ0) is 14.5. The van der Waals surface area contributed by atoms with E-state index in [4.69, 9.17) is 0 Å². The summed E-state index contributed by atoms with van der Waals surface area (Å²) in [5.41, 5.74) is -0.00495. The third-order valence-electron chi connectivity index (χ3n) is 3.29. The largest absolute Gasteiger partial charge is 0.354 e. The molecule has 0 radical (unpaired) electrons. The van der Waals surface area contributed by atoms with Gasteiger partial charge in [-0.15, -0.1) is 0 Å². The summed E-state index contributed by atoms with van der Waals surface area (Å²) in [5, 5.41) is 14.2. The van der Waals surface area contributed by atoms with Crippen LogP contribution >= 0.6 is 0 Å². The van der Waals surface area contributed by atoms with Crippen molar-refractivity contribution in [1.29, 1.82) is 0 Å². The van der Waals surface area contributed by atoms with Crippen LogP contribution in [0.1, 0.15) is 39.5 Å². The molecule has 1 aromatic heterocycles. The van der Waals surface area contributed by atoms with Gasteiger partial charge in [-0.3, -0.25) is 10.1 Å². The number of aromatic nitrogens is 2. The highest BCUT2D eigenvalue weighted by atomic mass is 16.6. The highest BCUT2D eigenvalue weighted by Crippen LogP contribution is 2.35. The van der Waals surface area contributed by atoms with Crippen molar-refractivity contribution in [2.24, 2.45) is 0 Å². The molecule has 20 heavy (non-hydrogen) atoms. The molecule has 0 amide bonds. The van der Waals surface area contributed by atoms with Crippen molar-refractivity contribution in [1.82, 2.24) is 9.97 Å². The quantitative estimate of drug-likeness (QED) is 0.581. The van der Waals surface area contributed by atoms with Gasteiger partial charge in [-0.05, 0) is 26.2 Å². The van der Waals surface area contributed by atoms with Gasteiger partial charge in [0.05, 0.1) is 4.92 Å². The summed E-state index contributed by atoms with van der Waals surface area (Å²) in [7, 11) is 0. The van der Waals surface area contributed by atoms with Crippen LogP contribution in [0, 0.1) is 10.1 Å². The average Bonchev–Trinajstić information content (AvgIpc) is 3.24. The van der Waals surface area contributed by atoms with Crippen molar-refractivity contribution in [2.45, 2.75) is 45.6 Å². The van der Waals surface area contributed by atoms with Gasteiger partial charge in [-0.1, -0.05) is 13.3 Å². The maximum absolute atomic E-state index is 11.2. The molecule has 7 heteroatoms. The number of rotatable bonds is 8. The highest BCUT2D eigenvalue weighted by Gasteiger charge is 2.34. The monoisotopic (exact) mass is 279 g/mol. The molecule has 0 aromatic carbocycles. The topological polar surface area (TPSA) is 84.2 Å². The number of unbranched alkanes of at least 4 members (excludes halogenated alkanes) is 1. The Morgan fingerprint density at radius 3 is 2.80 bits per heavy atom. The van der Waals surface area contributed by atoms with E-state index >= 15 is 0 Å². The van der Waals surface area contributed by atoms with Gasteiger partial charge in [0.2, 0.25) is 11.8 Å². The summed E-state index contributed by atoms with van der Waals surface area (Å²) in [6.45, 7) is 5.56. The molecule has 0 aliphatic heterocycles. The van der Waals surface area contributed by atoms with Crippen LogP contribution < -0.4 is 10.2 Å².